The highest BCUT2D eigenvalue weighted by Crippen LogP contribution is 2.64. The number of allylic oxidation sites excluding steroid dienone is 2. The van der Waals surface area contributed by atoms with Crippen LogP contribution in [0.3, 0.4) is 0 Å². The van der Waals surface area contributed by atoms with Crippen LogP contribution >= 0.6 is 0 Å². The number of carbonyl (C=O) groups is 4. The fourth-order valence-electron chi connectivity index (χ4n) is 9.15. The second-order valence-corrected chi connectivity index (χ2v) is 12.6. The molecule has 7 aliphatic rings. The van der Waals surface area contributed by atoms with Crippen molar-refractivity contribution in [2.24, 2.45) is 40.6 Å². The van der Waals surface area contributed by atoms with Crippen LogP contribution in [-0.4, -0.2) is 34.9 Å². The lowest BCUT2D eigenvalue weighted by Gasteiger charge is -2.52. The first-order chi connectivity index (χ1) is 20.4. The topological polar surface area (TPSA) is 87.1 Å². The molecule has 2 saturated heterocycles. The lowest BCUT2D eigenvalue weighted by molar-refractivity contribution is -0.140. The van der Waals surface area contributed by atoms with E-state index < -0.39 is 17.3 Å². The van der Waals surface area contributed by atoms with E-state index >= 15 is 0 Å². The van der Waals surface area contributed by atoms with Gasteiger partial charge in [-0.2, -0.15) is 10.1 Å². The zero-order valence-electron chi connectivity index (χ0n) is 22.9. The number of aryl methyl sites for hydroxylation is 1. The van der Waals surface area contributed by atoms with Gasteiger partial charge in [0.05, 0.1) is 34.8 Å². The van der Waals surface area contributed by atoms with Crippen molar-refractivity contribution in [2.45, 2.75) is 24.7 Å². The van der Waals surface area contributed by atoms with Gasteiger partial charge in [-0.1, -0.05) is 78.4 Å². The van der Waals surface area contributed by atoms with Crippen molar-refractivity contribution in [3.05, 3.63) is 113 Å². The van der Waals surface area contributed by atoms with Crippen molar-refractivity contribution in [1.82, 2.24) is 5.01 Å². The third-order valence-corrected chi connectivity index (χ3v) is 10.8. The number of imide groups is 2. The smallest absolute Gasteiger partial charge is 0.254 e. The number of hydrazone groups is 1. The highest BCUT2D eigenvalue weighted by atomic mass is 16.2. The van der Waals surface area contributed by atoms with Gasteiger partial charge >= 0.3 is 0 Å². The minimum Gasteiger partial charge on any atom is -0.274 e. The van der Waals surface area contributed by atoms with Gasteiger partial charge < -0.3 is 0 Å². The summed E-state index contributed by atoms with van der Waals surface area (Å²) in [6.07, 6.45) is 6.61. The molecule has 3 fully saturated rings. The Kier molecular flexibility index (Phi) is 4.57. The van der Waals surface area contributed by atoms with E-state index in [2.05, 4.69) is 17.3 Å². The Hall–Kier alpha value is -4.65. The average molecular weight is 554 g/mol. The maximum Gasteiger partial charge on any atom is 0.254 e. The fourth-order valence-corrected chi connectivity index (χ4v) is 9.15. The number of nitrogens with zero attached hydrogens (tertiary/aromatic N) is 3. The molecular formula is C35H27N3O4. The van der Waals surface area contributed by atoms with E-state index in [9.17, 15) is 19.2 Å². The second-order valence-electron chi connectivity index (χ2n) is 12.6. The van der Waals surface area contributed by atoms with Crippen molar-refractivity contribution in [3.8, 4) is 0 Å². The highest BCUT2D eigenvalue weighted by molar-refractivity contribution is 6.25. The van der Waals surface area contributed by atoms with Crippen LogP contribution in [0.4, 0.5) is 5.69 Å². The molecule has 10 rings (SSSR count). The van der Waals surface area contributed by atoms with Crippen LogP contribution in [0.25, 0.3) is 0 Å². The van der Waals surface area contributed by atoms with Crippen LogP contribution in [0.5, 0.6) is 0 Å². The normalized spacial score (nSPS) is 34.9. The number of hydrogen-bond acceptors (Lipinski definition) is 5. The Bertz CT molecular complexity index is 1750. The van der Waals surface area contributed by atoms with E-state index in [-0.39, 0.29) is 53.2 Å². The first-order valence-corrected chi connectivity index (χ1v) is 14.7. The fraction of sp³-hybridized carbons (Fsp3) is 0.286. The molecule has 5 aliphatic carbocycles. The minimum atomic E-state index is -1.13. The summed E-state index contributed by atoms with van der Waals surface area (Å²) >= 11 is 0. The lowest BCUT2D eigenvalue weighted by Crippen LogP contribution is -2.55. The number of fused-ring (bicyclic) bond motifs is 5. The Morgan fingerprint density at radius 2 is 1.29 bits per heavy atom. The molecule has 0 N–H and O–H groups in total. The van der Waals surface area contributed by atoms with Gasteiger partial charge in [-0.15, -0.1) is 0 Å². The number of hydrogen-bond donors (Lipinski definition) is 0. The Morgan fingerprint density at radius 3 is 1.88 bits per heavy atom. The van der Waals surface area contributed by atoms with Gasteiger partial charge in [-0.05, 0) is 59.6 Å². The Balaban J connectivity index is 1.24. The summed E-state index contributed by atoms with van der Waals surface area (Å²) in [6, 6.07) is 23.3. The number of rotatable bonds is 3. The molecular weight excluding hydrogens is 526 g/mol. The average Bonchev–Trinajstić information content (AvgIpc) is 3.75. The number of amides is 4. The van der Waals surface area contributed by atoms with Gasteiger partial charge in [0.1, 0.15) is 0 Å². The zero-order valence-corrected chi connectivity index (χ0v) is 22.9. The van der Waals surface area contributed by atoms with Gasteiger partial charge in [-0.3, -0.25) is 19.2 Å². The van der Waals surface area contributed by atoms with E-state index in [1.54, 1.807) is 6.21 Å². The first kappa shape index (κ1) is 24.0. The summed E-state index contributed by atoms with van der Waals surface area (Å²) in [7, 11) is 0. The molecule has 3 aromatic carbocycles. The SMILES string of the molecule is Cc1ccc(N2C(=O)[C@@H]3C4c5ccccc5C(/C=N\N5C(=O)[C@H]6[C@H](C5=O)[C@H]5C=C[C@H]6C5)(c5ccccc54)[C@H]3C2=O)cc1. The maximum absolute atomic E-state index is 14.5. The van der Waals surface area contributed by atoms with Crippen molar-refractivity contribution >= 4 is 35.5 Å². The molecule has 0 aromatic heterocycles. The summed E-state index contributed by atoms with van der Waals surface area (Å²) in [5, 5.41) is 5.73. The van der Waals surface area contributed by atoms with E-state index in [1.807, 2.05) is 79.7 Å². The van der Waals surface area contributed by atoms with Crippen LogP contribution in [0.2, 0.25) is 0 Å². The molecule has 2 aliphatic heterocycles. The number of carbonyl (C=O) groups excluding carboxylic acids is 4. The van der Waals surface area contributed by atoms with Crippen LogP contribution in [0, 0.1) is 42.4 Å². The third-order valence-electron chi connectivity index (χ3n) is 10.8. The van der Waals surface area contributed by atoms with E-state index in [0.717, 1.165) is 39.2 Å². The van der Waals surface area contributed by atoms with E-state index in [1.165, 1.54) is 4.90 Å². The molecule has 42 heavy (non-hydrogen) atoms. The van der Waals surface area contributed by atoms with Crippen LogP contribution in [0.1, 0.15) is 40.2 Å². The second kappa shape index (κ2) is 8.00. The molecule has 206 valence electrons. The number of anilines is 1. The molecule has 0 unspecified atom stereocenters. The predicted octanol–water partition coefficient (Wildman–Crippen LogP) is 4.34. The molecule has 4 amide bonds. The third kappa shape index (κ3) is 2.70. The highest BCUT2D eigenvalue weighted by Gasteiger charge is 2.68. The zero-order chi connectivity index (χ0) is 28.5. The first-order valence-electron chi connectivity index (χ1n) is 14.7. The van der Waals surface area contributed by atoms with Crippen molar-refractivity contribution in [1.29, 1.82) is 0 Å². The van der Waals surface area contributed by atoms with Crippen LogP contribution < -0.4 is 4.90 Å². The maximum atomic E-state index is 14.5. The minimum absolute atomic E-state index is 0.0721. The molecule has 2 heterocycles. The summed E-state index contributed by atoms with van der Waals surface area (Å²) in [5.41, 5.74) is 4.20. The summed E-state index contributed by atoms with van der Waals surface area (Å²) in [4.78, 5) is 57.3. The molecule has 7 heteroatoms. The molecule has 0 radical (unpaired) electrons. The van der Waals surface area contributed by atoms with Crippen LogP contribution in [-0.2, 0) is 24.6 Å². The Morgan fingerprint density at radius 1 is 0.714 bits per heavy atom. The molecule has 1 saturated carbocycles. The van der Waals surface area contributed by atoms with Crippen molar-refractivity contribution in [2.75, 3.05) is 4.90 Å². The summed E-state index contributed by atoms with van der Waals surface area (Å²) < 4.78 is 0. The summed E-state index contributed by atoms with van der Waals surface area (Å²) in [5.74, 6) is -3.36. The van der Waals surface area contributed by atoms with Gasteiger partial charge in [-0.25, -0.2) is 4.90 Å². The molecule has 3 aromatic rings. The van der Waals surface area contributed by atoms with E-state index in [4.69, 9.17) is 0 Å². The van der Waals surface area contributed by atoms with Gasteiger partial charge in [0.25, 0.3) is 11.8 Å². The predicted molar refractivity (Wildman–Crippen MR) is 154 cm³/mol. The quantitative estimate of drug-likeness (QED) is 0.274. The van der Waals surface area contributed by atoms with E-state index in [0.29, 0.717) is 5.69 Å². The van der Waals surface area contributed by atoms with Crippen molar-refractivity contribution in [3.63, 3.8) is 0 Å². The molecule has 0 spiro atoms. The summed E-state index contributed by atoms with van der Waals surface area (Å²) in [6.45, 7) is 1.97. The van der Waals surface area contributed by atoms with Crippen molar-refractivity contribution < 1.29 is 19.2 Å². The van der Waals surface area contributed by atoms with Crippen LogP contribution in [0.15, 0.2) is 90.0 Å². The van der Waals surface area contributed by atoms with Gasteiger partial charge in [0.2, 0.25) is 11.8 Å². The largest absolute Gasteiger partial charge is 0.274 e. The van der Waals surface area contributed by atoms with Gasteiger partial charge in [0, 0.05) is 12.1 Å². The number of benzene rings is 3. The molecule has 4 bridgehead atoms. The molecule has 6 atom stereocenters. The Labute approximate surface area is 242 Å². The lowest BCUT2D eigenvalue weighted by atomic mass is 9.47. The van der Waals surface area contributed by atoms with Gasteiger partial charge in [0.15, 0.2) is 0 Å². The standard InChI is InChI=1S/C35H27N3O4/c1-18-10-14-21(15-11-18)37-31(39)29-28-22-6-2-4-8-24(22)35(30(29)34(37)42,25-9-5-3-7-23(25)28)17-36-38-32(40)26-19-12-13-20(16-19)27(26)33(38)41/h2-15,17,19-20,26-30H,16H2,1H3/b36-17-/t19-,20-,26+,27+,28?,29+,30+,35?/m0/s1. The monoisotopic (exact) mass is 553 g/mol. The molecule has 7 nitrogen and oxygen atoms in total.